The Labute approximate surface area is 115 Å². The van der Waals surface area contributed by atoms with E-state index in [1.807, 2.05) is 39.7 Å². The fourth-order valence-corrected chi connectivity index (χ4v) is 2.40. The van der Waals surface area contributed by atoms with E-state index < -0.39 is 0 Å². The van der Waals surface area contributed by atoms with E-state index in [1.165, 1.54) is 0 Å². The number of rotatable bonds is 4. The third-order valence-corrected chi connectivity index (χ3v) is 3.39. The van der Waals surface area contributed by atoms with Crippen molar-refractivity contribution in [3.05, 3.63) is 41.7 Å². The van der Waals surface area contributed by atoms with Gasteiger partial charge in [-0.3, -0.25) is 4.68 Å². The average molecular weight is 276 g/mol. The van der Waals surface area contributed by atoms with Crippen molar-refractivity contribution >= 4 is 28.6 Å². The minimum atomic E-state index is 0.503. The topological polar surface area (TPSA) is 61.7 Å². The molecule has 0 saturated heterocycles. The normalized spacial score (nSPS) is 11.2. The van der Waals surface area contributed by atoms with Crippen LogP contribution in [0.3, 0.4) is 0 Å². The summed E-state index contributed by atoms with van der Waals surface area (Å²) in [5, 5.41) is 4.81. The minimum Gasteiger partial charge on any atom is -0.369 e. The summed E-state index contributed by atoms with van der Waals surface area (Å²) in [6.45, 7) is 1.65. The Balaban J connectivity index is 1.81. The molecule has 0 radical (unpaired) electrons. The maximum atomic E-state index is 6.11. The molecule has 3 aromatic rings. The number of halogens is 1. The van der Waals surface area contributed by atoms with Crippen LogP contribution in [0.2, 0.25) is 5.02 Å². The summed E-state index contributed by atoms with van der Waals surface area (Å²) in [7, 11) is 0. The molecule has 6 heteroatoms. The smallest absolute Gasteiger partial charge is 0.201 e. The molecule has 2 aromatic heterocycles. The van der Waals surface area contributed by atoms with E-state index in [1.54, 1.807) is 6.20 Å². The first-order valence-corrected chi connectivity index (χ1v) is 6.51. The molecule has 0 atom stereocenters. The Morgan fingerprint density at radius 2 is 2.11 bits per heavy atom. The van der Waals surface area contributed by atoms with Crippen LogP contribution in [0.15, 0.2) is 36.7 Å². The predicted molar refractivity (Wildman–Crippen MR) is 76.0 cm³/mol. The van der Waals surface area contributed by atoms with Gasteiger partial charge >= 0.3 is 0 Å². The molecule has 98 valence electrons. The van der Waals surface area contributed by atoms with Crippen molar-refractivity contribution in [3.8, 4) is 0 Å². The van der Waals surface area contributed by atoms with Crippen molar-refractivity contribution in [1.82, 2.24) is 19.3 Å². The first-order valence-electron chi connectivity index (χ1n) is 6.13. The molecule has 0 unspecified atom stereocenters. The lowest BCUT2D eigenvalue weighted by Gasteiger charge is -2.06. The summed E-state index contributed by atoms with van der Waals surface area (Å²) in [5.41, 5.74) is 7.69. The number of nitrogen functional groups attached to an aromatic ring is 1. The molecular formula is C13H14ClN5. The number of benzene rings is 1. The molecule has 3 rings (SSSR count). The molecule has 0 aliphatic rings. The molecule has 0 aliphatic heterocycles. The van der Waals surface area contributed by atoms with Crippen LogP contribution in [0.5, 0.6) is 0 Å². The third-order valence-electron chi connectivity index (χ3n) is 3.09. The molecule has 0 spiro atoms. The molecule has 5 nitrogen and oxygen atoms in total. The summed E-state index contributed by atoms with van der Waals surface area (Å²) in [6, 6.07) is 7.64. The molecule has 0 amide bonds. The molecule has 2 heterocycles. The highest BCUT2D eigenvalue weighted by Gasteiger charge is 2.10. The Hall–Kier alpha value is -2.01. The number of aromatic nitrogens is 4. The number of aryl methyl sites for hydroxylation is 2. The van der Waals surface area contributed by atoms with Gasteiger partial charge < -0.3 is 10.3 Å². The minimum absolute atomic E-state index is 0.503. The first-order chi connectivity index (χ1) is 9.25. The lowest BCUT2D eigenvalue weighted by atomic mass is 10.3. The van der Waals surface area contributed by atoms with E-state index in [0.717, 1.165) is 30.5 Å². The van der Waals surface area contributed by atoms with Crippen LogP contribution in [0.4, 0.5) is 5.95 Å². The Morgan fingerprint density at radius 1 is 1.21 bits per heavy atom. The van der Waals surface area contributed by atoms with Crippen LogP contribution < -0.4 is 5.73 Å². The maximum absolute atomic E-state index is 6.11. The number of nitrogens with zero attached hydrogens (tertiary/aromatic N) is 4. The SMILES string of the molecule is Nc1nc2c(Cl)cccc2n1CCCn1cccn1. The van der Waals surface area contributed by atoms with Crippen molar-refractivity contribution < 1.29 is 0 Å². The van der Waals surface area contributed by atoms with Gasteiger partial charge in [0, 0.05) is 25.5 Å². The van der Waals surface area contributed by atoms with Crippen LogP contribution in [0.1, 0.15) is 6.42 Å². The quantitative estimate of drug-likeness (QED) is 0.796. The van der Waals surface area contributed by atoms with E-state index in [0.29, 0.717) is 11.0 Å². The van der Waals surface area contributed by atoms with Crippen LogP contribution in [-0.2, 0) is 13.1 Å². The molecule has 0 saturated carbocycles. The first kappa shape index (κ1) is 12.0. The third kappa shape index (κ3) is 2.29. The van der Waals surface area contributed by atoms with Gasteiger partial charge in [0.25, 0.3) is 0 Å². The average Bonchev–Trinajstić information content (AvgIpc) is 3.00. The zero-order valence-electron chi connectivity index (χ0n) is 10.3. The van der Waals surface area contributed by atoms with Gasteiger partial charge in [0.15, 0.2) is 0 Å². The van der Waals surface area contributed by atoms with Gasteiger partial charge in [0.1, 0.15) is 5.52 Å². The van der Waals surface area contributed by atoms with E-state index >= 15 is 0 Å². The zero-order valence-corrected chi connectivity index (χ0v) is 11.1. The van der Waals surface area contributed by atoms with Gasteiger partial charge in [0.2, 0.25) is 5.95 Å². The number of para-hydroxylation sites is 1. The number of hydrogen-bond donors (Lipinski definition) is 1. The highest BCUT2D eigenvalue weighted by Crippen LogP contribution is 2.25. The maximum Gasteiger partial charge on any atom is 0.201 e. The van der Waals surface area contributed by atoms with E-state index in [-0.39, 0.29) is 0 Å². The Kier molecular flexibility index (Phi) is 3.13. The van der Waals surface area contributed by atoms with Gasteiger partial charge in [-0.25, -0.2) is 4.98 Å². The van der Waals surface area contributed by atoms with E-state index in [9.17, 15) is 0 Å². The summed E-state index contributed by atoms with van der Waals surface area (Å²) in [6.07, 6.45) is 4.66. The fourth-order valence-electron chi connectivity index (χ4n) is 2.19. The van der Waals surface area contributed by atoms with E-state index in [2.05, 4.69) is 10.1 Å². The van der Waals surface area contributed by atoms with Crippen molar-refractivity contribution in [2.75, 3.05) is 5.73 Å². The highest BCUT2D eigenvalue weighted by atomic mass is 35.5. The number of fused-ring (bicyclic) bond motifs is 1. The van der Waals surface area contributed by atoms with Crippen LogP contribution in [0.25, 0.3) is 11.0 Å². The summed E-state index contributed by atoms with van der Waals surface area (Å²) < 4.78 is 3.90. The lowest BCUT2D eigenvalue weighted by molar-refractivity contribution is 0.535. The van der Waals surface area contributed by atoms with Gasteiger partial charge in [-0.05, 0) is 24.6 Å². The summed E-state index contributed by atoms with van der Waals surface area (Å²) in [5.74, 6) is 0.503. The second-order valence-electron chi connectivity index (χ2n) is 4.35. The number of imidazole rings is 1. The Morgan fingerprint density at radius 3 is 2.89 bits per heavy atom. The van der Waals surface area contributed by atoms with Crippen LogP contribution >= 0.6 is 11.6 Å². The van der Waals surface area contributed by atoms with Crippen molar-refractivity contribution in [1.29, 1.82) is 0 Å². The van der Waals surface area contributed by atoms with E-state index in [4.69, 9.17) is 17.3 Å². The van der Waals surface area contributed by atoms with Crippen LogP contribution in [0, 0.1) is 0 Å². The number of anilines is 1. The molecule has 0 bridgehead atoms. The molecule has 0 fully saturated rings. The predicted octanol–water partition coefficient (Wildman–Crippen LogP) is 2.56. The zero-order chi connectivity index (χ0) is 13.2. The second kappa shape index (κ2) is 4.93. The molecule has 19 heavy (non-hydrogen) atoms. The van der Waals surface area contributed by atoms with Gasteiger partial charge in [0.05, 0.1) is 10.5 Å². The molecule has 2 N–H and O–H groups in total. The van der Waals surface area contributed by atoms with Gasteiger partial charge in [-0.15, -0.1) is 0 Å². The second-order valence-corrected chi connectivity index (χ2v) is 4.76. The molecule has 0 aliphatic carbocycles. The van der Waals surface area contributed by atoms with Gasteiger partial charge in [-0.2, -0.15) is 5.10 Å². The molecule has 1 aromatic carbocycles. The van der Waals surface area contributed by atoms with Crippen molar-refractivity contribution in [2.24, 2.45) is 0 Å². The van der Waals surface area contributed by atoms with Crippen molar-refractivity contribution in [2.45, 2.75) is 19.5 Å². The number of nitrogens with two attached hydrogens (primary N) is 1. The summed E-state index contributed by atoms with van der Waals surface area (Å²) in [4.78, 5) is 4.31. The Bertz CT molecular complexity index is 686. The fraction of sp³-hybridized carbons (Fsp3) is 0.231. The highest BCUT2D eigenvalue weighted by molar-refractivity contribution is 6.35. The van der Waals surface area contributed by atoms with Gasteiger partial charge in [-0.1, -0.05) is 17.7 Å². The summed E-state index contributed by atoms with van der Waals surface area (Å²) >= 11 is 6.11. The number of hydrogen-bond acceptors (Lipinski definition) is 3. The standard InChI is InChI=1S/C13H14ClN5/c14-10-4-1-5-11-12(10)17-13(15)19(11)9-3-8-18-7-2-6-16-18/h1-2,4-7H,3,8-9H2,(H2,15,17). The molecular weight excluding hydrogens is 262 g/mol. The lowest BCUT2D eigenvalue weighted by Crippen LogP contribution is -2.07. The largest absolute Gasteiger partial charge is 0.369 e. The van der Waals surface area contributed by atoms with Crippen molar-refractivity contribution in [3.63, 3.8) is 0 Å². The monoisotopic (exact) mass is 275 g/mol. The van der Waals surface area contributed by atoms with Crippen LogP contribution in [-0.4, -0.2) is 19.3 Å².